The molecule has 0 amide bonds. The summed E-state index contributed by atoms with van der Waals surface area (Å²) in [5.74, 6) is 1.41. The molecule has 0 bridgehead atoms. The number of rotatable bonds is 14. The minimum atomic E-state index is -1.52. The van der Waals surface area contributed by atoms with Crippen molar-refractivity contribution in [3.63, 3.8) is 0 Å². The molecule has 8 nitrogen and oxygen atoms in total. The molecule has 20 rings (SSSR count). The van der Waals surface area contributed by atoms with Crippen LogP contribution in [-0.4, -0.2) is 47.1 Å². The van der Waals surface area contributed by atoms with E-state index in [9.17, 15) is 10.0 Å². The summed E-state index contributed by atoms with van der Waals surface area (Å²) in [6.07, 6.45) is 7.35. The molecule has 2 atom stereocenters. The van der Waals surface area contributed by atoms with Crippen molar-refractivity contribution < 1.29 is 42.8 Å². The van der Waals surface area contributed by atoms with E-state index in [0.717, 1.165) is 122 Å². The van der Waals surface area contributed by atoms with Crippen LogP contribution in [0.1, 0.15) is 44.5 Å². The van der Waals surface area contributed by atoms with E-state index in [1.165, 1.54) is 38.9 Å². The summed E-state index contributed by atoms with van der Waals surface area (Å²) >= 11 is 3.57. The maximum absolute atomic E-state index is 10.1. The molecular formula is C104H76BBrN6O2P2Y. The Morgan fingerprint density at radius 3 is 0.991 bits per heavy atom. The molecule has 117 heavy (non-hydrogen) atoms. The Balaban J connectivity index is 0.000000140. The van der Waals surface area contributed by atoms with Crippen molar-refractivity contribution in [1.29, 1.82) is 0 Å². The standard InChI is InChI=1S/C52H35N3.C27H18BrN3.C25H19BO2.H4P2.Y/c1-4-15-38(16-5-1)51-54-48(37-30-28-36(29-31-37)41-19-14-32-53-35-41)34-49(55-51)40-18-12-17-39(33-40)44-25-13-27-47-50(44)45-24-10-11-26-46(45)52(47,42-20-6-2-7-21-42)43-22-8-3-9-23-43;28-24-10-4-8-22(16-24)26-17-25(30-27(31-26)21-6-2-1-3-7-21)20-13-11-19(12-14-20)23-9-5-15-29-18-23;27-26(28)23-17-9-16-22-24(23)20-14-7-8-15-21(20)25(22,18-10-3-1-4-11-18)19-12-5-2-6-13-19;1-2;/h1-35H;1-18H;1-17,27-28H;1-2H2;. The monoisotopic (exact) mass is 1680 g/mol. The fraction of sp³-hybridized carbons (Fsp3) is 0.0192. The van der Waals surface area contributed by atoms with Gasteiger partial charge in [0.2, 0.25) is 0 Å². The normalized spacial score (nSPS) is 12.0. The maximum Gasteiger partial charge on any atom is 0.489 e. The van der Waals surface area contributed by atoms with Crippen LogP contribution in [0.4, 0.5) is 0 Å². The topological polar surface area (TPSA) is 118 Å². The number of aromatic nitrogens is 6. The van der Waals surface area contributed by atoms with Crippen LogP contribution in [0.3, 0.4) is 0 Å². The van der Waals surface area contributed by atoms with Gasteiger partial charge in [0.1, 0.15) is 0 Å². The van der Waals surface area contributed by atoms with Crippen molar-refractivity contribution in [2.45, 2.75) is 10.8 Å². The van der Waals surface area contributed by atoms with Gasteiger partial charge < -0.3 is 10.0 Å². The average Bonchev–Trinajstić information content (AvgIpc) is 1.54. The van der Waals surface area contributed by atoms with Gasteiger partial charge in [0.25, 0.3) is 0 Å². The van der Waals surface area contributed by atoms with Crippen molar-refractivity contribution >= 4 is 46.4 Å². The van der Waals surface area contributed by atoms with E-state index in [2.05, 4.69) is 335 Å². The van der Waals surface area contributed by atoms with Crippen LogP contribution in [0, 0.1) is 0 Å². The van der Waals surface area contributed by atoms with Gasteiger partial charge in [-0.1, -0.05) is 374 Å². The summed E-state index contributed by atoms with van der Waals surface area (Å²) < 4.78 is 1.02. The Morgan fingerprint density at radius 2 is 0.573 bits per heavy atom. The van der Waals surface area contributed by atoms with Crippen molar-refractivity contribution in [3.8, 4) is 123 Å². The van der Waals surface area contributed by atoms with Crippen LogP contribution in [0.2, 0.25) is 0 Å². The third kappa shape index (κ3) is 15.8. The van der Waals surface area contributed by atoms with E-state index in [4.69, 9.17) is 19.9 Å². The summed E-state index contributed by atoms with van der Waals surface area (Å²) in [7, 11) is 3.14. The molecule has 0 aliphatic heterocycles. The SMILES string of the molecule is Brc1cccc(-c2cc(-c3ccc(-c4cccnc4)cc3)nc(-c3ccccc3)n2)c1.OB(O)c1cccc2c1-c1ccccc1C2(c1ccccc1)c1ccccc1.PP.[Y].c1ccc(-c2nc(-c3ccc(-c4cccnc4)cc3)cc(-c3cccc(-c4cccc5c4-c4ccccc4C5(c4ccccc4)c4ccccc4)c3)n2)cc1. The number of hydrogen-bond acceptors (Lipinski definition) is 8. The van der Waals surface area contributed by atoms with E-state index in [0.29, 0.717) is 17.1 Å². The van der Waals surface area contributed by atoms with E-state index in [1.807, 2.05) is 116 Å². The quantitative estimate of drug-likeness (QED) is 0.0817. The third-order valence-electron chi connectivity index (χ3n) is 21.7. The fourth-order valence-corrected chi connectivity index (χ4v) is 17.0. The minimum Gasteiger partial charge on any atom is -0.423 e. The number of hydrogen-bond donors (Lipinski definition) is 2. The minimum absolute atomic E-state index is 0. The van der Waals surface area contributed by atoms with Crippen LogP contribution in [-0.2, 0) is 43.5 Å². The second kappa shape index (κ2) is 36.0. The number of benzene rings is 14. The van der Waals surface area contributed by atoms with Gasteiger partial charge in [0.15, 0.2) is 11.6 Å². The van der Waals surface area contributed by atoms with Crippen LogP contribution >= 0.6 is 33.8 Å². The first-order valence-electron chi connectivity index (χ1n) is 38.4. The van der Waals surface area contributed by atoms with Gasteiger partial charge in [-0.15, -0.1) is 17.9 Å². The molecular weight excluding hydrogens is 1610 g/mol. The third-order valence-corrected chi connectivity index (χ3v) is 22.2. The van der Waals surface area contributed by atoms with E-state index in [1.54, 1.807) is 18.5 Å². The Bertz CT molecular complexity index is 6380. The largest absolute Gasteiger partial charge is 0.489 e. The van der Waals surface area contributed by atoms with Crippen LogP contribution in [0.5, 0.6) is 0 Å². The zero-order chi connectivity index (χ0) is 78.8. The smallest absolute Gasteiger partial charge is 0.423 e. The number of halogens is 1. The number of nitrogens with zero attached hydrogens (tertiary/aromatic N) is 6. The average molecular weight is 1680 g/mol. The van der Waals surface area contributed by atoms with Gasteiger partial charge in [-0.25, -0.2) is 19.9 Å². The zero-order valence-electron chi connectivity index (χ0n) is 63.7. The molecule has 4 aromatic heterocycles. The van der Waals surface area contributed by atoms with Gasteiger partial charge in [0.05, 0.1) is 33.6 Å². The Hall–Kier alpha value is -12.0. The number of pyridine rings is 2. The first-order chi connectivity index (χ1) is 57.3. The molecule has 4 heterocycles. The van der Waals surface area contributed by atoms with Crippen molar-refractivity contribution in [3.05, 3.63) is 474 Å². The van der Waals surface area contributed by atoms with Gasteiger partial charge >= 0.3 is 7.12 Å². The molecule has 557 valence electrons. The molecule has 0 spiro atoms. The maximum atomic E-state index is 10.1. The summed E-state index contributed by atoms with van der Waals surface area (Å²) in [4.78, 5) is 28.6. The van der Waals surface area contributed by atoms with Gasteiger partial charge in [0, 0.05) is 95.3 Å². The molecule has 1 radical (unpaired) electrons. The molecule has 2 aliphatic carbocycles. The molecule has 13 heteroatoms. The van der Waals surface area contributed by atoms with Crippen LogP contribution in [0.15, 0.2) is 430 Å². The van der Waals surface area contributed by atoms with E-state index < -0.39 is 17.9 Å². The number of fused-ring (bicyclic) bond motifs is 6. The zero-order valence-corrected chi connectivity index (χ0v) is 70.4. The van der Waals surface area contributed by atoms with Crippen molar-refractivity contribution in [2.75, 3.05) is 0 Å². The predicted molar refractivity (Wildman–Crippen MR) is 487 cm³/mol. The van der Waals surface area contributed by atoms with Gasteiger partial charge in [-0.3, -0.25) is 9.97 Å². The molecule has 0 saturated heterocycles. The Labute approximate surface area is 721 Å². The van der Waals surface area contributed by atoms with Crippen molar-refractivity contribution in [2.24, 2.45) is 0 Å². The molecule has 18 aromatic rings. The van der Waals surface area contributed by atoms with Crippen LogP contribution in [0.25, 0.3) is 123 Å². The molecule has 0 saturated carbocycles. The predicted octanol–water partition coefficient (Wildman–Crippen LogP) is 24.3. The molecule has 2 aliphatic rings. The first kappa shape index (κ1) is 78.8. The second-order valence-electron chi connectivity index (χ2n) is 28.3. The molecule has 0 fully saturated rings. The molecule has 2 N–H and O–H groups in total. The van der Waals surface area contributed by atoms with Gasteiger partial charge in [-0.05, 0) is 148 Å². The van der Waals surface area contributed by atoms with Gasteiger partial charge in [-0.2, -0.15) is 0 Å². The Kier molecular flexibility index (Phi) is 24.3. The van der Waals surface area contributed by atoms with Crippen LogP contribution < -0.4 is 5.46 Å². The molecule has 2 unspecified atom stereocenters. The van der Waals surface area contributed by atoms with Crippen molar-refractivity contribution in [1.82, 2.24) is 29.9 Å². The summed E-state index contributed by atoms with van der Waals surface area (Å²) in [5.41, 5.74) is 30.2. The first-order valence-corrected chi connectivity index (χ1v) is 41.9. The Morgan fingerprint density at radius 1 is 0.256 bits per heavy atom. The summed E-state index contributed by atoms with van der Waals surface area (Å²) in [5, 5.41) is 20.2. The summed E-state index contributed by atoms with van der Waals surface area (Å²) in [6, 6.07) is 139. The van der Waals surface area contributed by atoms with E-state index >= 15 is 0 Å². The second-order valence-corrected chi connectivity index (χ2v) is 29.2. The summed E-state index contributed by atoms with van der Waals surface area (Å²) in [6.45, 7) is 0. The van der Waals surface area contributed by atoms with E-state index in [-0.39, 0.29) is 32.7 Å². The molecule has 14 aromatic carbocycles. The fourth-order valence-electron chi connectivity index (χ4n) is 16.6.